The van der Waals surface area contributed by atoms with Crippen LogP contribution in [-0.2, 0) is 11.2 Å². The average molecular weight is 343 g/mol. The maximum Gasteiger partial charge on any atom is 0.267 e. The molecule has 2 aromatic rings. The zero-order valence-electron chi connectivity index (χ0n) is 14.2. The second-order valence-electron chi connectivity index (χ2n) is 6.31. The number of amides is 1. The van der Waals surface area contributed by atoms with Gasteiger partial charge in [-0.25, -0.2) is 0 Å². The molecule has 2 aliphatic rings. The van der Waals surface area contributed by atoms with Gasteiger partial charge in [0.15, 0.2) is 17.3 Å². The molecule has 1 fully saturated rings. The standard InChI is InChI=1S/C18H21N3O4/c1-2-16-19-17(25-20-16)12-7-5-6-10-21(12)18(22)15-11-23-13-8-3-4-9-14(13)24-15/h3-4,8-9,12,15H,2,5-7,10-11H2,1H3/t12-,15+/m1/s1. The molecule has 0 aliphatic carbocycles. The van der Waals surface area contributed by atoms with Gasteiger partial charge in [-0.15, -0.1) is 0 Å². The highest BCUT2D eigenvalue weighted by molar-refractivity contribution is 5.82. The number of ether oxygens (including phenoxy) is 2. The molecule has 0 N–H and O–H groups in total. The molecule has 7 nitrogen and oxygen atoms in total. The number of hydrogen-bond acceptors (Lipinski definition) is 6. The number of para-hydroxylation sites is 2. The van der Waals surface area contributed by atoms with Crippen LogP contribution in [0.4, 0.5) is 0 Å². The highest BCUT2D eigenvalue weighted by atomic mass is 16.6. The van der Waals surface area contributed by atoms with Gasteiger partial charge < -0.3 is 18.9 Å². The fourth-order valence-corrected chi connectivity index (χ4v) is 3.32. The van der Waals surface area contributed by atoms with Gasteiger partial charge in [0.2, 0.25) is 12.0 Å². The van der Waals surface area contributed by atoms with E-state index in [-0.39, 0.29) is 18.6 Å². The van der Waals surface area contributed by atoms with Crippen LogP contribution < -0.4 is 9.47 Å². The van der Waals surface area contributed by atoms with Crippen LogP contribution in [0, 0.1) is 0 Å². The Morgan fingerprint density at radius 2 is 2.12 bits per heavy atom. The summed E-state index contributed by atoms with van der Waals surface area (Å²) in [6.07, 6.45) is 2.87. The molecule has 2 aliphatic heterocycles. The minimum Gasteiger partial charge on any atom is -0.485 e. The third-order valence-electron chi connectivity index (χ3n) is 4.65. The molecule has 0 saturated carbocycles. The van der Waals surface area contributed by atoms with Crippen molar-refractivity contribution in [2.75, 3.05) is 13.2 Å². The van der Waals surface area contributed by atoms with Crippen LogP contribution in [0.5, 0.6) is 11.5 Å². The highest BCUT2D eigenvalue weighted by Gasteiger charge is 2.38. The van der Waals surface area contributed by atoms with Gasteiger partial charge in [-0.3, -0.25) is 4.79 Å². The number of aromatic nitrogens is 2. The van der Waals surface area contributed by atoms with Crippen molar-refractivity contribution in [1.82, 2.24) is 15.0 Å². The van der Waals surface area contributed by atoms with E-state index in [0.29, 0.717) is 36.2 Å². The second-order valence-corrected chi connectivity index (χ2v) is 6.31. The molecule has 1 saturated heterocycles. The summed E-state index contributed by atoms with van der Waals surface area (Å²) < 4.78 is 17.0. The molecule has 7 heteroatoms. The van der Waals surface area contributed by atoms with Crippen LogP contribution in [-0.4, -0.2) is 40.2 Å². The van der Waals surface area contributed by atoms with Crippen molar-refractivity contribution in [3.8, 4) is 11.5 Å². The fraction of sp³-hybridized carbons (Fsp3) is 0.500. The molecule has 25 heavy (non-hydrogen) atoms. The number of aryl methyl sites for hydroxylation is 1. The lowest BCUT2D eigenvalue weighted by Gasteiger charge is -2.36. The summed E-state index contributed by atoms with van der Waals surface area (Å²) in [5.41, 5.74) is 0. The first-order valence-corrected chi connectivity index (χ1v) is 8.77. The van der Waals surface area contributed by atoms with E-state index in [9.17, 15) is 4.79 Å². The predicted molar refractivity (Wildman–Crippen MR) is 88.3 cm³/mol. The summed E-state index contributed by atoms with van der Waals surface area (Å²) in [5, 5.41) is 3.97. The number of piperidine rings is 1. The van der Waals surface area contributed by atoms with Crippen molar-refractivity contribution in [3.63, 3.8) is 0 Å². The van der Waals surface area contributed by atoms with Crippen molar-refractivity contribution in [3.05, 3.63) is 36.0 Å². The smallest absolute Gasteiger partial charge is 0.267 e. The first-order chi connectivity index (χ1) is 12.3. The van der Waals surface area contributed by atoms with Gasteiger partial charge in [0.1, 0.15) is 12.6 Å². The van der Waals surface area contributed by atoms with Crippen molar-refractivity contribution in [2.45, 2.75) is 44.8 Å². The molecule has 0 radical (unpaired) electrons. The molecule has 0 bridgehead atoms. The van der Waals surface area contributed by atoms with Crippen molar-refractivity contribution in [2.24, 2.45) is 0 Å². The van der Waals surface area contributed by atoms with Crippen molar-refractivity contribution in [1.29, 1.82) is 0 Å². The Bertz CT molecular complexity index is 760. The summed E-state index contributed by atoms with van der Waals surface area (Å²) in [4.78, 5) is 19.3. The first-order valence-electron chi connectivity index (χ1n) is 8.77. The number of carbonyl (C=O) groups is 1. The number of rotatable bonds is 3. The van der Waals surface area contributed by atoms with Gasteiger partial charge in [-0.1, -0.05) is 24.2 Å². The zero-order chi connectivity index (χ0) is 17.2. The Hall–Kier alpha value is -2.57. The van der Waals surface area contributed by atoms with Gasteiger partial charge in [0.05, 0.1) is 0 Å². The van der Waals surface area contributed by atoms with E-state index in [4.69, 9.17) is 14.0 Å². The molecule has 3 heterocycles. The van der Waals surface area contributed by atoms with Gasteiger partial charge in [0, 0.05) is 13.0 Å². The van der Waals surface area contributed by atoms with Crippen LogP contribution >= 0.6 is 0 Å². The molecule has 1 amide bonds. The Balaban J connectivity index is 1.53. The maximum atomic E-state index is 13.1. The number of fused-ring (bicyclic) bond motifs is 1. The third kappa shape index (κ3) is 3.06. The number of likely N-dealkylation sites (tertiary alicyclic amines) is 1. The quantitative estimate of drug-likeness (QED) is 0.852. The van der Waals surface area contributed by atoms with Gasteiger partial charge >= 0.3 is 0 Å². The normalized spacial score (nSPS) is 22.7. The molecule has 1 aromatic heterocycles. The molecule has 132 valence electrons. The van der Waals surface area contributed by atoms with Gasteiger partial charge in [-0.2, -0.15) is 4.98 Å². The highest BCUT2D eigenvalue weighted by Crippen LogP contribution is 2.34. The number of benzene rings is 1. The predicted octanol–water partition coefficient (Wildman–Crippen LogP) is 2.53. The molecule has 1 aromatic carbocycles. The lowest BCUT2D eigenvalue weighted by atomic mass is 10.0. The zero-order valence-corrected chi connectivity index (χ0v) is 14.2. The number of carbonyl (C=O) groups excluding carboxylic acids is 1. The molecule has 2 atom stereocenters. The maximum absolute atomic E-state index is 13.1. The largest absolute Gasteiger partial charge is 0.485 e. The lowest BCUT2D eigenvalue weighted by Crippen LogP contribution is -2.49. The minimum atomic E-state index is -0.649. The van der Waals surface area contributed by atoms with Crippen LogP contribution in [0.1, 0.15) is 43.9 Å². The minimum absolute atomic E-state index is 0.0875. The van der Waals surface area contributed by atoms with Crippen LogP contribution in [0.3, 0.4) is 0 Å². The summed E-state index contributed by atoms with van der Waals surface area (Å²) in [6, 6.07) is 7.21. The van der Waals surface area contributed by atoms with E-state index in [1.165, 1.54) is 0 Å². The monoisotopic (exact) mass is 343 g/mol. The molecular weight excluding hydrogens is 322 g/mol. The molecule has 0 spiro atoms. The molecule has 0 unspecified atom stereocenters. The van der Waals surface area contributed by atoms with Crippen LogP contribution in [0.25, 0.3) is 0 Å². The van der Waals surface area contributed by atoms with E-state index in [1.807, 2.05) is 31.2 Å². The van der Waals surface area contributed by atoms with E-state index in [0.717, 1.165) is 19.3 Å². The lowest BCUT2D eigenvalue weighted by molar-refractivity contribution is -0.145. The Morgan fingerprint density at radius 1 is 1.28 bits per heavy atom. The van der Waals surface area contributed by atoms with Gasteiger partial charge in [0.25, 0.3) is 5.91 Å². The van der Waals surface area contributed by atoms with E-state index < -0.39 is 6.10 Å². The van der Waals surface area contributed by atoms with E-state index in [1.54, 1.807) is 4.90 Å². The second kappa shape index (κ2) is 6.74. The van der Waals surface area contributed by atoms with Crippen molar-refractivity contribution < 1.29 is 18.8 Å². The summed E-state index contributed by atoms with van der Waals surface area (Å²) >= 11 is 0. The first kappa shape index (κ1) is 15.9. The third-order valence-corrected chi connectivity index (χ3v) is 4.65. The number of hydrogen-bond donors (Lipinski definition) is 0. The van der Waals surface area contributed by atoms with Crippen LogP contribution in [0.15, 0.2) is 28.8 Å². The van der Waals surface area contributed by atoms with Crippen molar-refractivity contribution >= 4 is 5.91 Å². The molecule has 4 rings (SSSR count). The fourth-order valence-electron chi connectivity index (χ4n) is 3.32. The Labute approximate surface area is 145 Å². The molecular formula is C18H21N3O4. The SMILES string of the molecule is CCc1noc([C@H]2CCCCN2C(=O)[C@@H]2COc3ccccc3O2)n1. The Morgan fingerprint density at radius 3 is 2.92 bits per heavy atom. The Kier molecular flexibility index (Phi) is 4.29. The number of nitrogens with zero attached hydrogens (tertiary/aromatic N) is 3. The summed E-state index contributed by atoms with van der Waals surface area (Å²) in [7, 11) is 0. The topological polar surface area (TPSA) is 77.7 Å². The average Bonchev–Trinajstić information content (AvgIpc) is 3.16. The van der Waals surface area contributed by atoms with Crippen LogP contribution in [0.2, 0.25) is 0 Å². The summed E-state index contributed by atoms with van der Waals surface area (Å²) in [6.45, 7) is 2.85. The summed E-state index contributed by atoms with van der Waals surface area (Å²) in [5.74, 6) is 2.37. The van der Waals surface area contributed by atoms with E-state index >= 15 is 0 Å². The van der Waals surface area contributed by atoms with E-state index in [2.05, 4.69) is 10.1 Å². The van der Waals surface area contributed by atoms with Gasteiger partial charge in [-0.05, 0) is 31.4 Å².